The molecule has 0 saturated carbocycles. The van der Waals surface area contributed by atoms with Crippen molar-refractivity contribution in [3.63, 3.8) is 0 Å². The normalized spacial score (nSPS) is 14.9. The Hall–Kier alpha value is -2.99. The Balaban J connectivity index is 1.66. The topological polar surface area (TPSA) is 57.8 Å². The third-order valence-electron chi connectivity index (χ3n) is 6.66. The number of nitrogens with one attached hydrogen (secondary N) is 1. The molecule has 170 valence electrons. The highest BCUT2D eigenvalue weighted by molar-refractivity contribution is 6.00. The van der Waals surface area contributed by atoms with Gasteiger partial charge in [-0.3, -0.25) is 4.79 Å². The molecule has 1 amide bonds. The lowest BCUT2D eigenvalue weighted by atomic mass is 10.0. The summed E-state index contributed by atoms with van der Waals surface area (Å²) < 4.78 is 10.9. The number of likely N-dealkylation sites (tertiary alicyclic amines) is 1. The van der Waals surface area contributed by atoms with E-state index in [0.29, 0.717) is 17.5 Å². The molecule has 0 atom stereocenters. The average Bonchev–Trinajstić information content (AvgIpc) is 3.20. The summed E-state index contributed by atoms with van der Waals surface area (Å²) in [6, 6.07) is 12.5. The minimum Gasteiger partial charge on any atom is -0.493 e. The van der Waals surface area contributed by atoms with Gasteiger partial charge in [0.15, 0.2) is 11.5 Å². The van der Waals surface area contributed by atoms with Gasteiger partial charge in [0.2, 0.25) is 0 Å². The number of aromatic amines is 1. The molecule has 6 heteroatoms. The van der Waals surface area contributed by atoms with Crippen LogP contribution in [-0.2, 0) is 6.42 Å². The number of fused-ring (bicyclic) bond motifs is 1. The van der Waals surface area contributed by atoms with Gasteiger partial charge in [-0.05, 0) is 75.3 Å². The summed E-state index contributed by atoms with van der Waals surface area (Å²) in [6.45, 7) is 3.77. The number of nitrogens with zero attached hydrogens (tertiary/aromatic N) is 2. The first kappa shape index (κ1) is 22.2. The van der Waals surface area contributed by atoms with Crippen LogP contribution in [0.5, 0.6) is 11.5 Å². The summed E-state index contributed by atoms with van der Waals surface area (Å²) >= 11 is 0. The van der Waals surface area contributed by atoms with Gasteiger partial charge in [0.25, 0.3) is 5.91 Å². The van der Waals surface area contributed by atoms with E-state index in [2.05, 4.69) is 37.0 Å². The second-order valence-corrected chi connectivity index (χ2v) is 8.65. The maximum absolute atomic E-state index is 13.2. The van der Waals surface area contributed by atoms with Crippen LogP contribution < -0.4 is 9.47 Å². The van der Waals surface area contributed by atoms with Crippen molar-refractivity contribution in [3.05, 3.63) is 47.5 Å². The molecule has 0 bridgehead atoms. The molecule has 1 aromatic heterocycles. The van der Waals surface area contributed by atoms with Gasteiger partial charge in [0.05, 0.1) is 14.2 Å². The molecule has 1 aliphatic rings. The van der Waals surface area contributed by atoms with Crippen molar-refractivity contribution in [2.75, 3.05) is 41.4 Å². The number of aromatic nitrogens is 1. The molecule has 1 aliphatic heterocycles. The molecule has 0 spiro atoms. The Bertz CT molecular complexity index is 1110. The smallest absolute Gasteiger partial charge is 0.253 e. The molecule has 1 saturated heterocycles. The van der Waals surface area contributed by atoms with E-state index in [9.17, 15) is 4.79 Å². The van der Waals surface area contributed by atoms with Crippen LogP contribution in [0.3, 0.4) is 0 Å². The minimum atomic E-state index is 0.125. The number of rotatable bonds is 6. The number of piperidine rings is 1. The fraction of sp³-hybridized carbons (Fsp3) is 0.423. The largest absolute Gasteiger partial charge is 0.493 e. The number of carbonyl (C=O) groups is 1. The average molecular weight is 436 g/mol. The highest BCUT2D eigenvalue weighted by Crippen LogP contribution is 2.36. The summed E-state index contributed by atoms with van der Waals surface area (Å²) in [6.07, 6.45) is 2.90. The van der Waals surface area contributed by atoms with E-state index in [0.717, 1.165) is 60.1 Å². The fourth-order valence-corrected chi connectivity index (χ4v) is 4.75. The van der Waals surface area contributed by atoms with Crippen molar-refractivity contribution < 1.29 is 14.3 Å². The molecule has 1 N–H and O–H groups in total. The third kappa shape index (κ3) is 4.07. The first-order valence-electron chi connectivity index (χ1n) is 11.3. The lowest BCUT2D eigenvalue weighted by molar-refractivity contribution is 0.0663. The van der Waals surface area contributed by atoms with E-state index >= 15 is 0 Å². The van der Waals surface area contributed by atoms with Gasteiger partial charge in [-0.15, -0.1) is 0 Å². The van der Waals surface area contributed by atoms with Crippen LogP contribution in [-0.4, -0.2) is 68.1 Å². The second-order valence-electron chi connectivity index (χ2n) is 8.65. The van der Waals surface area contributed by atoms with Crippen LogP contribution >= 0.6 is 0 Å². The van der Waals surface area contributed by atoms with Crippen molar-refractivity contribution in [2.24, 2.45) is 0 Å². The molecule has 4 rings (SSSR count). The third-order valence-corrected chi connectivity index (χ3v) is 6.66. The number of hydrogen-bond donors (Lipinski definition) is 1. The maximum atomic E-state index is 13.2. The van der Waals surface area contributed by atoms with E-state index < -0.39 is 0 Å². The van der Waals surface area contributed by atoms with Gasteiger partial charge in [-0.25, -0.2) is 0 Å². The summed E-state index contributed by atoms with van der Waals surface area (Å²) in [5.41, 5.74) is 5.09. The molecule has 3 aromatic rings. The number of carbonyl (C=O) groups excluding carboxylic acids is 1. The minimum absolute atomic E-state index is 0.125. The Morgan fingerprint density at radius 1 is 1.06 bits per heavy atom. The summed E-state index contributed by atoms with van der Waals surface area (Å²) in [4.78, 5) is 21.0. The van der Waals surface area contributed by atoms with Crippen LogP contribution in [0.4, 0.5) is 0 Å². The molecular formula is C26H33N3O3. The van der Waals surface area contributed by atoms with Gasteiger partial charge in [0, 0.05) is 46.9 Å². The zero-order valence-electron chi connectivity index (χ0n) is 19.7. The van der Waals surface area contributed by atoms with Gasteiger partial charge in [-0.1, -0.05) is 6.92 Å². The number of aryl methyl sites for hydroxylation is 1. The van der Waals surface area contributed by atoms with Gasteiger partial charge < -0.3 is 24.3 Å². The Kier molecular flexibility index (Phi) is 6.42. The van der Waals surface area contributed by atoms with Crippen molar-refractivity contribution >= 4 is 16.8 Å². The van der Waals surface area contributed by atoms with Crippen molar-refractivity contribution in [2.45, 2.75) is 32.2 Å². The summed E-state index contributed by atoms with van der Waals surface area (Å²) in [5, 5.41) is 1.10. The number of benzene rings is 2. The highest BCUT2D eigenvalue weighted by atomic mass is 16.5. The van der Waals surface area contributed by atoms with E-state index in [1.54, 1.807) is 14.2 Å². The number of ether oxygens (including phenoxy) is 2. The first-order chi connectivity index (χ1) is 15.5. The van der Waals surface area contributed by atoms with Gasteiger partial charge in [-0.2, -0.15) is 0 Å². The van der Waals surface area contributed by atoms with E-state index in [4.69, 9.17) is 9.47 Å². The van der Waals surface area contributed by atoms with Crippen LogP contribution in [0.15, 0.2) is 36.4 Å². The maximum Gasteiger partial charge on any atom is 0.253 e. The molecule has 2 heterocycles. The Labute approximate surface area is 190 Å². The quantitative estimate of drug-likeness (QED) is 0.616. The Morgan fingerprint density at radius 2 is 1.78 bits per heavy atom. The molecule has 0 unspecified atom stereocenters. The van der Waals surface area contributed by atoms with Crippen LogP contribution in [0.1, 0.15) is 35.7 Å². The fourth-order valence-electron chi connectivity index (χ4n) is 4.75. The summed E-state index contributed by atoms with van der Waals surface area (Å²) in [7, 11) is 7.51. The predicted molar refractivity (Wildman–Crippen MR) is 129 cm³/mol. The second kappa shape index (κ2) is 9.25. The molecule has 6 nitrogen and oxygen atoms in total. The van der Waals surface area contributed by atoms with E-state index in [-0.39, 0.29) is 5.91 Å². The predicted octanol–water partition coefficient (Wildman–Crippen LogP) is 4.58. The summed E-state index contributed by atoms with van der Waals surface area (Å²) in [5.74, 6) is 1.53. The number of methoxy groups -OCH3 is 2. The van der Waals surface area contributed by atoms with E-state index in [1.807, 2.05) is 35.2 Å². The van der Waals surface area contributed by atoms with Crippen molar-refractivity contribution in [3.8, 4) is 22.8 Å². The first-order valence-corrected chi connectivity index (χ1v) is 11.3. The lowest BCUT2D eigenvalue weighted by Crippen LogP contribution is -2.44. The Morgan fingerprint density at radius 3 is 2.41 bits per heavy atom. The molecule has 32 heavy (non-hydrogen) atoms. The lowest BCUT2D eigenvalue weighted by Gasteiger charge is -2.35. The van der Waals surface area contributed by atoms with Crippen LogP contribution in [0.25, 0.3) is 22.2 Å². The number of hydrogen-bond acceptors (Lipinski definition) is 4. The molecule has 0 aliphatic carbocycles. The number of H-pyrrole nitrogens is 1. The van der Waals surface area contributed by atoms with Crippen LogP contribution in [0.2, 0.25) is 0 Å². The zero-order chi connectivity index (χ0) is 22.8. The van der Waals surface area contributed by atoms with Gasteiger partial charge >= 0.3 is 0 Å². The molecule has 0 radical (unpaired) electrons. The van der Waals surface area contributed by atoms with E-state index in [1.165, 1.54) is 5.56 Å². The van der Waals surface area contributed by atoms with Crippen molar-refractivity contribution in [1.29, 1.82) is 0 Å². The van der Waals surface area contributed by atoms with Gasteiger partial charge in [0.1, 0.15) is 0 Å². The SMILES string of the molecule is CCc1c(-c2ccc(OC)c(OC)c2)[nH]c2ccc(C(=O)N3CCC(N(C)C)CC3)cc12. The molecule has 1 fully saturated rings. The van der Waals surface area contributed by atoms with Crippen molar-refractivity contribution in [1.82, 2.24) is 14.8 Å². The molecular weight excluding hydrogens is 402 g/mol. The monoisotopic (exact) mass is 435 g/mol. The standard InChI is InChI=1S/C26H33N3O3/c1-6-20-21-15-18(26(30)29-13-11-19(12-14-29)28(2)3)7-9-22(21)27-25(20)17-8-10-23(31-4)24(16-17)32-5/h7-10,15-16,19,27H,6,11-14H2,1-5H3. The molecule has 2 aromatic carbocycles. The zero-order valence-corrected chi connectivity index (χ0v) is 19.7. The highest BCUT2D eigenvalue weighted by Gasteiger charge is 2.25. The number of amides is 1. The van der Waals surface area contributed by atoms with Crippen LogP contribution in [0, 0.1) is 0 Å².